The number of carbonyl (C=O) groups is 1. The van der Waals surface area contributed by atoms with E-state index in [1.54, 1.807) is 0 Å². The zero-order valence-corrected chi connectivity index (χ0v) is 11.9. The first-order valence-electron chi connectivity index (χ1n) is 6.31. The van der Waals surface area contributed by atoms with Crippen LogP contribution < -0.4 is 10.6 Å². The molecule has 0 radical (unpaired) electrons. The van der Waals surface area contributed by atoms with Gasteiger partial charge in [-0.2, -0.15) is 5.10 Å². The lowest BCUT2D eigenvalue weighted by Gasteiger charge is -2.15. The van der Waals surface area contributed by atoms with E-state index in [1.165, 1.54) is 0 Å². The second-order valence-electron chi connectivity index (χ2n) is 5.96. The molecule has 0 aromatic carbocycles. The monoisotopic (exact) mass is 252 g/mol. The molecule has 0 fully saturated rings. The van der Waals surface area contributed by atoms with Gasteiger partial charge in [0.2, 0.25) is 5.91 Å². The molecule has 1 unspecified atom stereocenters. The zero-order chi connectivity index (χ0) is 13.8. The molecule has 1 amide bonds. The lowest BCUT2D eigenvalue weighted by molar-refractivity contribution is -0.119. The van der Waals surface area contributed by atoms with Crippen molar-refractivity contribution in [2.45, 2.75) is 34.1 Å². The highest BCUT2D eigenvalue weighted by Gasteiger charge is 2.16. The van der Waals surface area contributed by atoms with Crippen molar-refractivity contribution in [3.63, 3.8) is 0 Å². The van der Waals surface area contributed by atoms with Crippen molar-refractivity contribution in [2.75, 3.05) is 18.9 Å². The highest BCUT2D eigenvalue weighted by Crippen LogP contribution is 2.20. The van der Waals surface area contributed by atoms with E-state index in [-0.39, 0.29) is 17.2 Å². The van der Waals surface area contributed by atoms with Crippen molar-refractivity contribution >= 4 is 11.7 Å². The van der Waals surface area contributed by atoms with Crippen LogP contribution in [-0.4, -0.2) is 29.7 Å². The fourth-order valence-corrected chi connectivity index (χ4v) is 1.74. The summed E-state index contributed by atoms with van der Waals surface area (Å²) < 4.78 is 0. The van der Waals surface area contributed by atoms with Gasteiger partial charge in [0.15, 0.2) is 5.82 Å². The van der Waals surface area contributed by atoms with Crippen molar-refractivity contribution in [3.8, 4) is 0 Å². The first kappa shape index (κ1) is 14.7. The Bertz CT molecular complexity index is 392. The first-order chi connectivity index (χ1) is 8.31. The Morgan fingerprint density at radius 3 is 2.72 bits per heavy atom. The normalized spacial score (nSPS) is 13.4. The van der Waals surface area contributed by atoms with Gasteiger partial charge in [-0.1, -0.05) is 27.7 Å². The molecular formula is C13H24N4O. The molecule has 1 rings (SSSR count). The van der Waals surface area contributed by atoms with Gasteiger partial charge in [-0.3, -0.25) is 9.89 Å². The lowest BCUT2D eigenvalue weighted by atomic mass is 9.91. The molecule has 0 aliphatic rings. The number of amides is 1. The van der Waals surface area contributed by atoms with E-state index in [9.17, 15) is 4.79 Å². The Morgan fingerprint density at radius 1 is 1.50 bits per heavy atom. The number of rotatable bonds is 5. The zero-order valence-electron chi connectivity index (χ0n) is 11.9. The molecule has 5 heteroatoms. The third kappa shape index (κ3) is 4.87. The van der Waals surface area contributed by atoms with Crippen molar-refractivity contribution < 1.29 is 4.79 Å². The van der Waals surface area contributed by atoms with Gasteiger partial charge in [-0.15, -0.1) is 0 Å². The number of hydrogen-bond donors (Lipinski definition) is 3. The van der Waals surface area contributed by atoms with Gasteiger partial charge in [-0.05, 0) is 18.9 Å². The smallest absolute Gasteiger partial charge is 0.229 e. The predicted molar refractivity (Wildman–Crippen MR) is 73.5 cm³/mol. The molecule has 18 heavy (non-hydrogen) atoms. The largest absolute Gasteiger partial charge is 0.319 e. The first-order valence-corrected chi connectivity index (χ1v) is 6.31. The molecule has 0 saturated carbocycles. The second-order valence-corrected chi connectivity index (χ2v) is 5.96. The van der Waals surface area contributed by atoms with Crippen LogP contribution in [0, 0.1) is 11.3 Å². The molecule has 1 aromatic heterocycles. The molecule has 0 spiro atoms. The van der Waals surface area contributed by atoms with E-state index < -0.39 is 0 Å². The summed E-state index contributed by atoms with van der Waals surface area (Å²) in [7, 11) is 1.83. The Labute approximate surface area is 109 Å². The summed E-state index contributed by atoms with van der Waals surface area (Å²) in [6, 6.07) is 1.90. The van der Waals surface area contributed by atoms with Gasteiger partial charge in [0.1, 0.15) is 0 Å². The fraction of sp³-hybridized carbons (Fsp3) is 0.692. The van der Waals surface area contributed by atoms with Crippen LogP contribution in [0.1, 0.15) is 33.4 Å². The quantitative estimate of drug-likeness (QED) is 0.748. The molecule has 102 valence electrons. The fourth-order valence-electron chi connectivity index (χ4n) is 1.74. The molecule has 5 nitrogen and oxygen atoms in total. The summed E-state index contributed by atoms with van der Waals surface area (Å²) >= 11 is 0. The van der Waals surface area contributed by atoms with Crippen LogP contribution in [-0.2, 0) is 11.2 Å². The topological polar surface area (TPSA) is 69.8 Å². The summed E-state index contributed by atoms with van der Waals surface area (Å²) in [5.41, 5.74) is 1.24. The van der Waals surface area contributed by atoms with Crippen LogP contribution in [0.4, 0.5) is 5.82 Å². The highest BCUT2D eigenvalue weighted by atomic mass is 16.1. The maximum absolute atomic E-state index is 11.8. The van der Waals surface area contributed by atoms with Crippen molar-refractivity contribution in [1.29, 1.82) is 0 Å². The number of aromatic nitrogens is 2. The minimum atomic E-state index is -0.0715. The number of nitrogens with zero attached hydrogens (tertiary/aromatic N) is 1. The predicted octanol–water partition coefficient (Wildman–Crippen LogP) is 1.79. The number of hydrogen-bond acceptors (Lipinski definition) is 3. The van der Waals surface area contributed by atoms with Crippen molar-refractivity contribution in [3.05, 3.63) is 11.8 Å². The third-order valence-electron chi connectivity index (χ3n) is 2.56. The van der Waals surface area contributed by atoms with Crippen molar-refractivity contribution in [2.24, 2.45) is 11.3 Å². The number of aromatic amines is 1. The molecule has 3 N–H and O–H groups in total. The van der Waals surface area contributed by atoms with E-state index >= 15 is 0 Å². The van der Waals surface area contributed by atoms with Crippen molar-refractivity contribution in [1.82, 2.24) is 15.5 Å². The minimum absolute atomic E-state index is 0.0156. The van der Waals surface area contributed by atoms with Crippen LogP contribution >= 0.6 is 0 Å². The minimum Gasteiger partial charge on any atom is -0.319 e. The number of anilines is 1. The number of nitrogens with one attached hydrogen (secondary N) is 3. The van der Waals surface area contributed by atoms with Gasteiger partial charge in [0, 0.05) is 24.2 Å². The molecule has 0 aliphatic carbocycles. The van der Waals surface area contributed by atoms with Gasteiger partial charge in [0.05, 0.1) is 0 Å². The summed E-state index contributed by atoms with van der Waals surface area (Å²) in [5, 5.41) is 12.9. The maximum atomic E-state index is 11.8. The SMILES string of the molecule is CNCC(C)C(=O)Nc1cc(CC(C)(C)C)[nH]n1. The van der Waals surface area contributed by atoms with Gasteiger partial charge in [0.25, 0.3) is 0 Å². The molecule has 1 aromatic rings. The lowest BCUT2D eigenvalue weighted by Crippen LogP contribution is -2.28. The molecule has 0 bridgehead atoms. The molecular weight excluding hydrogens is 228 g/mol. The summed E-state index contributed by atoms with van der Waals surface area (Å²) in [5.74, 6) is 0.512. The standard InChI is InChI=1S/C13H24N4O/c1-9(8-14-5)12(18)15-11-6-10(16-17-11)7-13(2,3)4/h6,9,14H,7-8H2,1-5H3,(H2,15,16,17,18). The molecule has 1 heterocycles. The number of carbonyl (C=O) groups excluding carboxylic acids is 1. The van der Waals surface area contributed by atoms with Gasteiger partial charge in [-0.25, -0.2) is 0 Å². The van der Waals surface area contributed by atoms with Gasteiger partial charge < -0.3 is 10.6 Å². The average Bonchev–Trinajstić information content (AvgIpc) is 2.63. The van der Waals surface area contributed by atoms with Crippen LogP contribution in [0.2, 0.25) is 0 Å². The van der Waals surface area contributed by atoms with E-state index in [1.807, 2.05) is 20.0 Å². The van der Waals surface area contributed by atoms with E-state index in [4.69, 9.17) is 0 Å². The van der Waals surface area contributed by atoms with Gasteiger partial charge >= 0.3 is 0 Å². The van der Waals surface area contributed by atoms with E-state index in [0.29, 0.717) is 12.4 Å². The average molecular weight is 252 g/mol. The van der Waals surface area contributed by atoms with Crippen LogP contribution in [0.25, 0.3) is 0 Å². The van der Waals surface area contributed by atoms with Crippen LogP contribution in [0.5, 0.6) is 0 Å². The van der Waals surface area contributed by atoms with Crippen LogP contribution in [0.15, 0.2) is 6.07 Å². The molecule has 1 atom stereocenters. The Kier molecular flexibility index (Phi) is 4.90. The maximum Gasteiger partial charge on any atom is 0.229 e. The van der Waals surface area contributed by atoms with E-state index in [2.05, 4.69) is 41.6 Å². The summed E-state index contributed by atoms with van der Waals surface area (Å²) in [6.45, 7) is 9.04. The molecule has 0 saturated heterocycles. The summed E-state index contributed by atoms with van der Waals surface area (Å²) in [4.78, 5) is 11.8. The number of H-pyrrole nitrogens is 1. The second kappa shape index (κ2) is 6.00. The Morgan fingerprint density at radius 2 is 2.17 bits per heavy atom. The Hall–Kier alpha value is -1.36. The Balaban J connectivity index is 2.56. The molecule has 0 aliphatic heterocycles. The van der Waals surface area contributed by atoms with Crippen LogP contribution in [0.3, 0.4) is 0 Å². The van der Waals surface area contributed by atoms with E-state index in [0.717, 1.165) is 12.1 Å². The highest BCUT2D eigenvalue weighted by molar-refractivity contribution is 5.91. The third-order valence-corrected chi connectivity index (χ3v) is 2.56. The summed E-state index contributed by atoms with van der Waals surface area (Å²) in [6.07, 6.45) is 0.905.